The molecule has 0 radical (unpaired) electrons. The first kappa shape index (κ1) is 14.7. The number of anilines is 1. The van der Waals surface area contributed by atoms with Crippen LogP contribution in [0.3, 0.4) is 0 Å². The van der Waals surface area contributed by atoms with Gasteiger partial charge in [-0.25, -0.2) is 9.78 Å². The van der Waals surface area contributed by atoms with E-state index in [1.807, 2.05) is 0 Å². The van der Waals surface area contributed by atoms with Crippen molar-refractivity contribution in [2.75, 3.05) is 5.32 Å². The highest BCUT2D eigenvalue weighted by atomic mass is 35.5. The first-order chi connectivity index (χ1) is 10.5. The fourth-order valence-electron chi connectivity index (χ4n) is 2.27. The van der Waals surface area contributed by atoms with Crippen molar-refractivity contribution >= 4 is 40.5 Å². The van der Waals surface area contributed by atoms with Crippen molar-refractivity contribution < 1.29 is 9.90 Å². The van der Waals surface area contributed by atoms with Gasteiger partial charge >= 0.3 is 5.97 Å². The van der Waals surface area contributed by atoms with Crippen LogP contribution in [0.15, 0.2) is 42.7 Å². The summed E-state index contributed by atoms with van der Waals surface area (Å²) in [4.78, 5) is 15.6. The second-order valence-corrected chi connectivity index (χ2v) is 5.56. The smallest absolute Gasteiger partial charge is 0.355 e. The molecular weight excluding hydrogens is 325 g/mol. The van der Waals surface area contributed by atoms with Gasteiger partial charge in [-0.1, -0.05) is 23.2 Å². The van der Waals surface area contributed by atoms with E-state index in [4.69, 9.17) is 23.2 Å². The van der Waals surface area contributed by atoms with Crippen LogP contribution in [0.1, 0.15) is 16.1 Å². The van der Waals surface area contributed by atoms with E-state index in [1.54, 1.807) is 42.7 Å². The van der Waals surface area contributed by atoms with Gasteiger partial charge in [0.25, 0.3) is 0 Å². The quantitative estimate of drug-likeness (QED) is 0.757. The number of carboxylic acid groups (broad SMARTS) is 1. The lowest BCUT2D eigenvalue weighted by molar-refractivity contribution is 0.0690. The number of rotatable bonds is 4. The van der Waals surface area contributed by atoms with Crippen LogP contribution in [0, 0.1) is 0 Å². The fourth-order valence-corrected chi connectivity index (χ4v) is 2.84. The van der Waals surface area contributed by atoms with Crippen molar-refractivity contribution in [3.05, 3.63) is 64.0 Å². The Labute approximate surface area is 136 Å². The number of pyridine rings is 1. The second kappa shape index (κ2) is 5.87. The zero-order chi connectivity index (χ0) is 15.7. The maximum absolute atomic E-state index is 11.5. The standard InChI is InChI=1S/C15H11Cl2N3O2/c16-10-5-9(6-11(17)7-10)8-19-12-1-2-13-18-3-4-20(13)14(12)15(21)22/h1-7,19H,8H2,(H,21,22). The highest BCUT2D eigenvalue weighted by Crippen LogP contribution is 2.22. The van der Waals surface area contributed by atoms with E-state index >= 15 is 0 Å². The fraction of sp³-hybridized carbons (Fsp3) is 0.0667. The first-order valence-corrected chi connectivity index (χ1v) is 7.18. The molecule has 3 aromatic rings. The number of carbonyl (C=O) groups is 1. The van der Waals surface area contributed by atoms with Crippen LogP contribution in [0.2, 0.25) is 10.0 Å². The van der Waals surface area contributed by atoms with Gasteiger partial charge in [0.05, 0.1) is 5.69 Å². The lowest BCUT2D eigenvalue weighted by Crippen LogP contribution is -2.11. The molecule has 2 heterocycles. The number of aromatic carboxylic acids is 1. The first-order valence-electron chi connectivity index (χ1n) is 6.43. The van der Waals surface area contributed by atoms with Gasteiger partial charge in [0.15, 0.2) is 5.69 Å². The van der Waals surface area contributed by atoms with E-state index in [9.17, 15) is 9.90 Å². The number of hydrogen-bond acceptors (Lipinski definition) is 3. The summed E-state index contributed by atoms with van der Waals surface area (Å²) in [6.45, 7) is 0.404. The summed E-state index contributed by atoms with van der Waals surface area (Å²) in [5, 5.41) is 13.6. The molecule has 1 aromatic carbocycles. The van der Waals surface area contributed by atoms with Crippen molar-refractivity contribution in [1.29, 1.82) is 0 Å². The number of fused-ring (bicyclic) bond motifs is 1. The summed E-state index contributed by atoms with van der Waals surface area (Å²) in [5.74, 6) is -1.03. The molecule has 3 rings (SSSR count). The van der Waals surface area contributed by atoms with E-state index in [2.05, 4.69) is 10.3 Å². The summed E-state index contributed by atoms with van der Waals surface area (Å²) in [5.41, 5.74) is 2.06. The average molecular weight is 336 g/mol. The lowest BCUT2D eigenvalue weighted by atomic mass is 10.2. The summed E-state index contributed by atoms with van der Waals surface area (Å²) in [7, 11) is 0. The number of nitrogens with zero attached hydrogens (tertiary/aromatic N) is 2. The van der Waals surface area contributed by atoms with Gasteiger partial charge in [0.1, 0.15) is 5.65 Å². The summed E-state index contributed by atoms with van der Waals surface area (Å²) >= 11 is 11.9. The molecule has 0 spiro atoms. The molecule has 2 N–H and O–H groups in total. The van der Waals surface area contributed by atoms with Crippen molar-refractivity contribution in [2.24, 2.45) is 0 Å². The normalized spacial score (nSPS) is 10.8. The maximum Gasteiger partial charge on any atom is 0.355 e. The molecule has 0 aliphatic carbocycles. The van der Waals surface area contributed by atoms with E-state index in [0.29, 0.717) is 27.9 Å². The molecule has 0 unspecified atom stereocenters. The molecule has 5 nitrogen and oxygen atoms in total. The van der Waals surface area contributed by atoms with Gasteiger partial charge in [0, 0.05) is 29.0 Å². The molecule has 0 aliphatic heterocycles. The number of imidazole rings is 1. The van der Waals surface area contributed by atoms with Crippen molar-refractivity contribution in [1.82, 2.24) is 9.38 Å². The van der Waals surface area contributed by atoms with Crippen LogP contribution >= 0.6 is 23.2 Å². The van der Waals surface area contributed by atoms with E-state index < -0.39 is 5.97 Å². The Morgan fingerprint density at radius 1 is 1.23 bits per heavy atom. The van der Waals surface area contributed by atoms with Crippen LogP contribution in [0.25, 0.3) is 5.65 Å². The number of hydrogen-bond donors (Lipinski definition) is 2. The summed E-state index contributed by atoms with van der Waals surface area (Å²) < 4.78 is 1.52. The van der Waals surface area contributed by atoms with Crippen LogP contribution < -0.4 is 5.32 Å². The SMILES string of the molecule is O=C(O)c1c(NCc2cc(Cl)cc(Cl)c2)ccc2nccn12. The largest absolute Gasteiger partial charge is 0.476 e. The Balaban J connectivity index is 1.93. The Bertz CT molecular complexity index is 841. The Hall–Kier alpha value is -2.24. The molecule has 0 saturated carbocycles. The van der Waals surface area contributed by atoms with E-state index in [1.165, 1.54) is 4.40 Å². The van der Waals surface area contributed by atoms with Crippen LogP contribution in [0.4, 0.5) is 5.69 Å². The lowest BCUT2D eigenvalue weighted by Gasteiger charge is -2.12. The third-order valence-electron chi connectivity index (χ3n) is 3.17. The minimum Gasteiger partial charge on any atom is -0.476 e. The van der Waals surface area contributed by atoms with E-state index in [-0.39, 0.29) is 5.69 Å². The van der Waals surface area contributed by atoms with Crippen molar-refractivity contribution in [3.63, 3.8) is 0 Å². The van der Waals surface area contributed by atoms with Gasteiger partial charge in [-0.15, -0.1) is 0 Å². The predicted molar refractivity (Wildman–Crippen MR) is 85.9 cm³/mol. The topological polar surface area (TPSA) is 66.6 Å². The Morgan fingerprint density at radius 3 is 2.64 bits per heavy atom. The van der Waals surface area contributed by atoms with Gasteiger partial charge in [-0.3, -0.25) is 4.40 Å². The minimum absolute atomic E-state index is 0.128. The number of nitrogens with one attached hydrogen (secondary N) is 1. The number of carboxylic acids is 1. The van der Waals surface area contributed by atoms with Crippen LogP contribution in [-0.4, -0.2) is 20.5 Å². The molecule has 112 valence electrons. The van der Waals surface area contributed by atoms with Crippen molar-refractivity contribution in [3.8, 4) is 0 Å². The van der Waals surface area contributed by atoms with Gasteiger partial charge in [-0.2, -0.15) is 0 Å². The molecule has 22 heavy (non-hydrogen) atoms. The maximum atomic E-state index is 11.5. The van der Waals surface area contributed by atoms with Gasteiger partial charge < -0.3 is 10.4 Å². The van der Waals surface area contributed by atoms with Gasteiger partial charge in [0.2, 0.25) is 0 Å². The highest BCUT2D eigenvalue weighted by Gasteiger charge is 2.14. The minimum atomic E-state index is -1.03. The number of halogens is 2. The zero-order valence-electron chi connectivity index (χ0n) is 11.3. The molecule has 0 aliphatic rings. The second-order valence-electron chi connectivity index (χ2n) is 4.69. The molecule has 0 bridgehead atoms. The van der Waals surface area contributed by atoms with Crippen molar-refractivity contribution in [2.45, 2.75) is 6.54 Å². The third kappa shape index (κ3) is 2.86. The molecule has 0 saturated heterocycles. The summed E-state index contributed by atoms with van der Waals surface area (Å²) in [6, 6.07) is 8.64. The van der Waals surface area contributed by atoms with E-state index in [0.717, 1.165) is 5.56 Å². The highest BCUT2D eigenvalue weighted by molar-refractivity contribution is 6.34. The molecule has 0 atom stereocenters. The average Bonchev–Trinajstić information content (AvgIpc) is 2.91. The third-order valence-corrected chi connectivity index (χ3v) is 3.61. The molecule has 2 aromatic heterocycles. The van der Waals surface area contributed by atoms with Crippen LogP contribution in [0.5, 0.6) is 0 Å². The summed E-state index contributed by atoms with van der Waals surface area (Å²) in [6.07, 6.45) is 3.17. The molecule has 0 amide bonds. The molecular formula is C15H11Cl2N3O2. The molecule has 7 heteroatoms. The zero-order valence-corrected chi connectivity index (χ0v) is 12.8. The Kier molecular flexibility index (Phi) is 3.92. The van der Waals surface area contributed by atoms with Gasteiger partial charge in [-0.05, 0) is 35.9 Å². The predicted octanol–water partition coefficient (Wildman–Crippen LogP) is 3.95. The molecule has 0 fully saturated rings. The Morgan fingerprint density at radius 2 is 1.95 bits per heavy atom. The monoisotopic (exact) mass is 335 g/mol. The number of aromatic nitrogens is 2. The van der Waals surface area contributed by atoms with Crippen LogP contribution in [-0.2, 0) is 6.54 Å². The number of benzene rings is 1.